The molecule has 0 aromatic carbocycles. The minimum Gasteiger partial charge on any atom is -0.329 e. The smallest absolute Gasteiger partial charge is 0.179 e. The van der Waals surface area contributed by atoms with Gasteiger partial charge in [0.15, 0.2) is 10.4 Å². The van der Waals surface area contributed by atoms with E-state index in [0.29, 0.717) is 11.3 Å². The Morgan fingerprint density at radius 1 is 1.44 bits per heavy atom. The molecule has 3 rings (SSSR count). The van der Waals surface area contributed by atoms with Gasteiger partial charge in [-0.1, -0.05) is 0 Å². The Labute approximate surface area is 109 Å². The molecule has 0 aliphatic carbocycles. The number of rotatable bonds is 2. The second-order valence-corrected chi connectivity index (χ2v) is 4.75. The van der Waals surface area contributed by atoms with Crippen molar-refractivity contribution in [1.82, 2.24) is 24.3 Å². The van der Waals surface area contributed by atoms with Crippen molar-refractivity contribution in [2.75, 3.05) is 0 Å². The van der Waals surface area contributed by atoms with Crippen LogP contribution in [0.3, 0.4) is 0 Å². The third kappa shape index (κ3) is 1.74. The number of nitrogens with zero attached hydrogens (tertiary/aromatic N) is 4. The molecule has 0 bridgehead atoms. The van der Waals surface area contributed by atoms with Gasteiger partial charge in [-0.15, -0.1) is 0 Å². The van der Waals surface area contributed by atoms with Crippen LogP contribution in [0.25, 0.3) is 11.2 Å². The first-order chi connectivity index (χ1) is 8.65. The standard InChI is InChI=1S/C12H13N5S/c1-8-3-4-13-11-10(8)15-12(18)17(11)7-9-5-14-16(2)6-9/h3-6H,7H2,1-2H3,(H,15,18). The van der Waals surface area contributed by atoms with Crippen LogP contribution >= 0.6 is 12.2 Å². The molecule has 0 fully saturated rings. The van der Waals surface area contributed by atoms with Gasteiger partial charge in [0, 0.05) is 25.0 Å². The van der Waals surface area contributed by atoms with Crippen LogP contribution in [0.1, 0.15) is 11.1 Å². The Hall–Kier alpha value is -1.95. The molecule has 5 nitrogen and oxygen atoms in total. The first-order valence-electron chi connectivity index (χ1n) is 5.67. The van der Waals surface area contributed by atoms with Gasteiger partial charge in [-0.05, 0) is 30.8 Å². The zero-order valence-corrected chi connectivity index (χ0v) is 11.0. The largest absolute Gasteiger partial charge is 0.329 e. The van der Waals surface area contributed by atoms with E-state index < -0.39 is 0 Å². The zero-order valence-electron chi connectivity index (χ0n) is 10.2. The molecule has 0 amide bonds. The number of nitrogens with one attached hydrogen (secondary N) is 1. The number of hydrogen-bond donors (Lipinski definition) is 1. The first kappa shape index (κ1) is 11.2. The van der Waals surface area contributed by atoms with Gasteiger partial charge in [0.2, 0.25) is 0 Å². The van der Waals surface area contributed by atoms with E-state index in [0.717, 1.165) is 22.3 Å². The Morgan fingerprint density at radius 2 is 2.28 bits per heavy atom. The highest BCUT2D eigenvalue weighted by molar-refractivity contribution is 7.71. The number of fused-ring (bicyclic) bond motifs is 1. The summed E-state index contributed by atoms with van der Waals surface area (Å²) in [6.07, 6.45) is 5.63. The van der Waals surface area contributed by atoms with Crippen molar-refractivity contribution in [3.05, 3.63) is 40.6 Å². The number of H-pyrrole nitrogens is 1. The third-order valence-electron chi connectivity index (χ3n) is 2.97. The van der Waals surface area contributed by atoms with Gasteiger partial charge in [-0.3, -0.25) is 9.25 Å². The molecule has 0 atom stereocenters. The molecular weight excluding hydrogens is 246 g/mol. The Balaban J connectivity index is 2.14. The second kappa shape index (κ2) is 4.06. The Morgan fingerprint density at radius 3 is 3.00 bits per heavy atom. The quantitative estimate of drug-likeness (QED) is 0.718. The van der Waals surface area contributed by atoms with E-state index in [1.807, 2.05) is 37.0 Å². The molecule has 1 N–H and O–H groups in total. The van der Waals surface area contributed by atoms with Crippen LogP contribution in [0.2, 0.25) is 0 Å². The number of imidazole rings is 1. The van der Waals surface area contributed by atoms with Gasteiger partial charge in [0.25, 0.3) is 0 Å². The van der Waals surface area contributed by atoms with Crippen molar-refractivity contribution < 1.29 is 0 Å². The summed E-state index contributed by atoms with van der Waals surface area (Å²) in [4.78, 5) is 7.61. The molecule has 18 heavy (non-hydrogen) atoms. The van der Waals surface area contributed by atoms with Crippen molar-refractivity contribution in [1.29, 1.82) is 0 Å². The summed E-state index contributed by atoms with van der Waals surface area (Å²) in [7, 11) is 1.90. The van der Waals surface area contributed by atoms with Crippen molar-refractivity contribution in [3.63, 3.8) is 0 Å². The Bertz CT molecular complexity index is 764. The van der Waals surface area contributed by atoms with Crippen LogP contribution in [0.4, 0.5) is 0 Å². The molecule has 3 heterocycles. The highest BCUT2D eigenvalue weighted by Crippen LogP contribution is 2.16. The lowest BCUT2D eigenvalue weighted by molar-refractivity contribution is 0.762. The highest BCUT2D eigenvalue weighted by Gasteiger charge is 2.08. The number of aryl methyl sites for hydroxylation is 2. The fraction of sp³-hybridized carbons (Fsp3) is 0.250. The van der Waals surface area contributed by atoms with Gasteiger partial charge in [-0.25, -0.2) is 4.98 Å². The number of aromatic amines is 1. The molecule has 3 aromatic heterocycles. The predicted octanol–water partition coefficient (Wildman–Crippen LogP) is 2.18. The van der Waals surface area contributed by atoms with Crippen molar-refractivity contribution in [3.8, 4) is 0 Å². The lowest BCUT2D eigenvalue weighted by atomic mass is 10.3. The van der Waals surface area contributed by atoms with Crippen LogP contribution in [0, 0.1) is 11.7 Å². The lowest BCUT2D eigenvalue weighted by Gasteiger charge is -2.01. The molecule has 6 heteroatoms. The molecule has 0 unspecified atom stereocenters. The molecule has 0 spiro atoms. The van der Waals surface area contributed by atoms with Gasteiger partial charge >= 0.3 is 0 Å². The summed E-state index contributed by atoms with van der Waals surface area (Å²) in [5.74, 6) is 0. The van der Waals surface area contributed by atoms with Gasteiger partial charge < -0.3 is 4.98 Å². The lowest BCUT2D eigenvalue weighted by Crippen LogP contribution is -2.00. The van der Waals surface area contributed by atoms with Crippen LogP contribution in [0.5, 0.6) is 0 Å². The van der Waals surface area contributed by atoms with E-state index in [4.69, 9.17) is 12.2 Å². The van der Waals surface area contributed by atoms with E-state index in [1.54, 1.807) is 10.9 Å². The van der Waals surface area contributed by atoms with Crippen LogP contribution in [-0.4, -0.2) is 24.3 Å². The molecule has 0 aliphatic rings. The fourth-order valence-electron chi connectivity index (χ4n) is 2.06. The van der Waals surface area contributed by atoms with Crippen LogP contribution in [-0.2, 0) is 13.6 Å². The summed E-state index contributed by atoms with van der Waals surface area (Å²) >= 11 is 5.36. The molecule has 0 aliphatic heterocycles. The minimum absolute atomic E-state index is 0.684. The highest BCUT2D eigenvalue weighted by atomic mass is 32.1. The average Bonchev–Trinajstić information content (AvgIpc) is 2.87. The third-order valence-corrected chi connectivity index (χ3v) is 3.29. The normalized spacial score (nSPS) is 11.2. The number of hydrogen-bond acceptors (Lipinski definition) is 3. The van der Waals surface area contributed by atoms with E-state index >= 15 is 0 Å². The molecule has 0 saturated heterocycles. The number of pyridine rings is 1. The molecule has 0 radical (unpaired) electrons. The first-order valence-corrected chi connectivity index (χ1v) is 6.07. The van der Waals surface area contributed by atoms with Gasteiger partial charge in [0.05, 0.1) is 18.3 Å². The summed E-state index contributed by atoms with van der Waals surface area (Å²) < 4.78 is 4.47. The topological polar surface area (TPSA) is 51.4 Å². The maximum absolute atomic E-state index is 5.36. The summed E-state index contributed by atoms with van der Waals surface area (Å²) in [6, 6.07) is 1.97. The van der Waals surface area contributed by atoms with Crippen LogP contribution in [0.15, 0.2) is 24.7 Å². The van der Waals surface area contributed by atoms with Gasteiger partial charge in [-0.2, -0.15) is 5.10 Å². The molecular formula is C12H13N5S. The average molecular weight is 259 g/mol. The maximum atomic E-state index is 5.36. The van der Waals surface area contributed by atoms with Crippen molar-refractivity contribution >= 4 is 23.4 Å². The predicted molar refractivity (Wildman–Crippen MR) is 72.0 cm³/mol. The van der Waals surface area contributed by atoms with E-state index in [9.17, 15) is 0 Å². The monoisotopic (exact) mass is 259 g/mol. The number of aromatic nitrogens is 5. The van der Waals surface area contributed by atoms with E-state index in [1.165, 1.54) is 0 Å². The molecule has 0 saturated carbocycles. The fourth-order valence-corrected chi connectivity index (χ4v) is 2.31. The summed E-state index contributed by atoms with van der Waals surface area (Å²) in [5, 5.41) is 4.16. The van der Waals surface area contributed by atoms with E-state index in [-0.39, 0.29) is 0 Å². The SMILES string of the molecule is Cc1ccnc2c1[nH]c(=S)n2Cc1cnn(C)c1. The zero-order chi connectivity index (χ0) is 12.7. The maximum Gasteiger partial charge on any atom is 0.179 e. The Kier molecular flexibility index (Phi) is 2.52. The van der Waals surface area contributed by atoms with Crippen LogP contribution < -0.4 is 0 Å². The summed E-state index contributed by atoms with van der Waals surface area (Å²) in [6.45, 7) is 2.73. The molecule has 3 aromatic rings. The van der Waals surface area contributed by atoms with E-state index in [2.05, 4.69) is 15.1 Å². The second-order valence-electron chi connectivity index (χ2n) is 4.37. The minimum atomic E-state index is 0.684. The molecule has 92 valence electrons. The summed E-state index contributed by atoms with van der Waals surface area (Å²) in [5.41, 5.74) is 4.16. The van der Waals surface area contributed by atoms with Gasteiger partial charge in [0.1, 0.15) is 0 Å². The van der Waals surface area contributed by atoms with Crippen molar-refractivity contribution in [2.24, 2.45) is 7.05 Å². The van der Waals surface area contributed by atoms with Crippen molar-refractivity contribution in [2.45, 2.75) is 13.5 Å².